The van der Waals surface area contributed by atoms with E-state index in [0.29, 0.717) is 11.6 Å². The van der Waals surface area contributed by atoms with Crippen LogP contribution in [0.3, 0.4) is 0 Å². The molecule has 0 fully saturated rings. The summed E-state index contributed by atoms with van der Waals surface area (Å²) in [4.78, 5) is 20.0. The van der Waals surface area contributed by atoms with Gasteiger partial charge in [-0.25, -0.2) is 4.98 Å². The van der Waals surface area contributed by atoms with Crippen LogP contribution >= 0.6 is 0 Å². The van der Waals surface area contributed by atoms with Crippen LogP contribution < -0.4 is 10.1 Å². The predicted octanol–water partition coefficient (Wildman–Crippen LogP) is 1.46. The van der Waals surface area contributed by atoms with Crippen LogP contribution in [0.2, 0.25) is 0 Å². The molecule has 20 heavy (non-hydrogen) atoms. The zero-order valence-corrected chi connectivity index (χ0v) is 10.9. The number of aromatic hydroxyl groups is 2. The zero-order chi connectivity index (χ0) is 14.7. The number of nitrogens with one attached hydrogen (secondary N) is 1. The third-order valence-electron chi connectivity index (χ3n) is 2.43. The Morgan fingerprint density at radius 1 is 1.15 bits per heavy atom. The Bertz CT molecular complexity index is 638. The van der Waals surface area contributed by atoms with Gasteiger partial charge in [0, 0.05) is 23.4 Å². The number of benzene rings is 1. The second-order valence-corrected chi connectivity index (χ2v) is 4.07. The van der Waals surface area contributed by atoms with Crippen molar-refractivity contribution >= 4 is 11.9 Å². The number of aryl methyl sites for hydroxylation is 1. The molecule has 0 unspecified atom stereocenters. The number of phenolic OH excluding ortho intramolecular Hbond substituents is 2. The molecular formula is C13H13N3O4. The van der Waals surface area contributed by atoms with Gasteiger partial charge in [0.1, 0.15) is 11.5 Å². The van der Waals surface area contributed by atoms with E-state index >= 15 is 0 Å². The number of carbonyl (C=O) groups excluding carboxylic acids is 1. The molecule has 7 nitrogen and oxygen atoms in total. The molecule has 7 heteroatoms. The van der Waals surface area contributed by atoms with Gasteiger partial charge in [0.15, 0.2) is 0 Å². The van der Waals surface area contributed by atoms with Gasteiger partial charge in [0.05, 0.1) is 7.11 Å². The van der Waals surface area contributed by atoms with Crippen LogP contribution in [0.25, 0.3) is 0 Å². The number of amides is 1. The van der Waals surface area contributed by atoms with Crippen LogP contribution in [-0.4, -0.2) is 33.2 Å². The Morgan fingerprint density at radius 2 is 1.80 bits per heavy atom. The number of rotatable bonds is 3. The summed E-state index contributed by atoms with van der Waals surface area (Å²) in [6.45, 7) is 1.74. The highest BCUT2D eigenvalue weighted by molar-refractivity contribution is 6.03. The van der Waals surface area contributed by atoms with Gasteiger partial charge >= 0.3 is 0 Å². The molecular weight excluding hydrogens is 262 g/mol. The van der Waals surface area contributed by atoms with Crippen molar-refractivity contribution in [1.82, 2.24) is 9.97 Å². The van der Waals surface area contributed by atoms with Crippen LogP contribution in [0, 0.1) is 6.92 Å². The van der Waals surface area contributed by atoms with Gasteiger partial charge in [0.2, 0.25) is 11.8 Å². The predicted molar refractivity (Wildman–Crippen MR) is 71.0 cm³/mol. The Hall–Kier alpha value is -2.83. The first-order valence-electron chi connectivity index (χ1n) is 5.72. The lowest BCUT2D eigenvalue weighted by molar-refractivity contribution is 0.102. The largest absolute Gasteiger partial charge is 0.508 e. The molecule has 0 saturated heterocycles. The molecule has 0 saturated carbocycles. The minimum absolute atomic E-state index is 0.0784. The molecule has 0 atom stereocenters. The first-order chi connectivity index (χ1) is 9.47. The SMILES string of the molecule is COc1cc(C)nc(NC(=O)c2cc(O)cc(O)c2)n1. The van der Waals surface area contributed by atoms with Crippen LogP contribution in [0.1, 0.15) is 16.1 Å². The summed E-state index contributed by atoms with van der Waals surface area (Å²) in [6.07, 6.45) is 0. The van der Waals surface area contributed by atoms with Crippen molar-refractivity contribution in [2.24, 2.45) is 0 Å². The molecule has 1 aromatic carbocycles. The van der Waals surface area contributed by atoms with Crippen LogP contribution in [0.4, 0.5) is 5.95 Å². The maximum atomic E-state index is 12.0. The van der Waals surface area contributed by atoms with Crippen LogP contribution in [0.5, 0.6) is 17.4 Å². The normalized spacial score (nSPS) is 10.1. The van der Waals surface area contributed by atoms with Crippen molar-refractivity contribution in [3.05, 3.63) is 35.5 Å². The van der Waals surface area contributed by atoms with E-state index in [1.165, 1.54) is 19.2 Å². The highest BCUT2D eigenvalue weighted by atomic mass is 16.5. The first-order valence-corrected chi connectivity index (χ1v) is 5.72. The Balaban J connectivity index is 2.25. The van der Waals surface area contributed by atoms with Crippen LogP contribution in [-0.2, 0) is 0 Å². The number of hydrogen-bond acceptors (Lipinski definition) is 6. The van der Waals surface area contributed by atoms with E-state index in [4.69, 9.17) is 4.74 Å². The summed E-state index contributed by atoms with van der Waals surface area (Å²) in [5, 5.41) is 21.2. The molecule has 2 aromatic rings. The zero-order valence-electron chi connectivity index (χ0n) is 10.9. The lowest BCUT2D eigenvalue weighted by atomic mass is 10.2. The Kier molecular flexibility index (Phi) is 3.69. The smallest absolute Gasteiger partial charge is 0.258 e. The van der Waals surface area contributed by atoms with Crippen molar-refractivity contribution < 1.29 is 19.7 Å². The second-order valence-electron chi connectivity index (χ2n) is 4.07. The van der Waals surface area contributed by atoms with E-state index in [1.807, 2.05) is 0 Å². The van der Waals surface area contributed by atoms with Gasteiger partial charge in [0.25, 0.3) is 5.91 Å². The van der Waals surface area contributed by atoms with Crippen molar-refractivity contribution in [2.45, 2.75) is 6.92 Å². The van der Waals surface area contributed by atoms with Gasteiger partial charge < -0.3 is 14.9 Å². The van der Waals surface area contributed by atoms with Crippen molar-refractivity contribution in [3.63, 3.8) is 0 Å². The number of nitrogens with zero attached hydrogens (tertiary/aromatic N) is 2. The van der Waals surface area contributed by atoms with Gasteiger partial charge in [-0.15, -0.1) is 0 Å². The monoisotopic (exact) mass is 275 g/mol. The molecule has 0 radical (unpaired) electrons. The lowest BCUT2D eigenvalue weighted by Crippen LogP contribution is -2.14. The number of methoxy groups -OCH3 is 1. The lowest BCUT2D eigenvalue weighted by Gasteiger charge is -2.07. The molecule has 1 amide bonds. The molecule has 3 N–H and O–H groups in total. The van der Waals surface area contributed by atoms with E-state index in [2.05, 4.69) is 15.3 Å². The number of aromatic nitrogens is 2. The number of carbonyl (C=O) groups is 1. The van der Waals surface area contributed by atoms with Gasteiger partial charge in [-0.2, -0.15) is 4.98 Å². The average molecular weight is 275 g/mol. The first kappa shape index (κ1) is 13.6. The molecule has 2 rings (SSSR count). The van der Waals surface area contributed by atoms with Crippen molar-refractivity contribution in [1.29, 1.82) is 0 Å². The maximum absolute atomic E-state index is 12.0. The van der Waals surface area contributed by atoms with Gasteiger partial charge in [-0.3, -0.25) is 10.1 Å². The fourth-order valence-electron chi connectivity index (χ4n) is 1.60. The summed E-state index contributed by atoms with van der Waals surface area (Å²) in [7, 11) is 1.46. The standard InChI is InChI=1S/C13H13N3O4/c1-7-3-11(20-2)15-13(14-7)16-12(19)8-4-9(17)6-10(18)5-8/h3-6,17-18H,1-2H3,(H,14,15,16,19). The summed E-state index contributed by atoms with van der Waals surface area (Å²) < 4.78 is 4.98. The molecule has 0 spiro atoms. The summed E-state index contributed by atoms with van der Waals surface area (Å²) in [5.74, 6) is -0.569. The minimum Gasteiger partial charge on any atom is -0.508 e. The molecule has 0 aliphatic heterocycles. The van der Waals surface area contributed by atoms with Crippen molar-refractivity contribution in [2.75, 3.05) is 12.4 Å². The number of hydrogen-bond donors (Lipinski definition) is 3. The molecule has 0 bridgehead atoms. The summed E-state index contributed by atoms with van der Waals surface area (Å²) in [5.41, 5.74) is 0.720. The Labute approximate surface area is 114 Å². The Morgan fingerprint density at radius 3 is 2.40 bits per heavy atom. The third kappa shape index (κ3) is 3.14. The highest BCUT2D eigenvalue weighted by Gasteiger charge is 2.11. The third-order valence-corrected chi connectivity index (χ3v) is 2.43. The number of ether oxygens (including phenoxy) is 1. The summed E-state index contributed by atoms with van der Waals surface area (Å²) >= 11 is 0. The quantitative estimate of drug-likeness (QED) is 0.783. The van der Waals surface area contributed by atoms with E-state index in [9.17, 15) is 15.0 Å². The van der Waals surface area contributed by atoms with E-state index in [1.54, 1.807) is 13.0 Å². The summed E-state index contributed by atoms with van der Waals surface area (Å²) in [6, 6.07) is 5.20. The fraction of sp³-hybridized carbons (Fsp3) is 0.154. The maximum Gasteiger partial charge on any atom is 0.258 e. The average Bonchev–Trinajstić information content (AvgIpc) is 2.36. The molecule has 1 heterocycles. The topological polar surface area (TPSA) is 105 Å². The van der Waals surface area contributed by atoms with E-state index in [-0.39, 0.29) is 23.0 Å². The second kappa shape index (κ2) is 5.43. The minimum atomic E-state index is -0.552. The van der Waals surface area contributed by atoms with Crippen molar-refractivity contribution in [3.8, 4) is 17.4 Å². The van der Waals surface area contributed by atoms with Crippen LogP contribution in [0.15, 0.2) is 24.3 Å². The number of phenols is 2. The highest BCUT2D eigenvalue weighted by Crippen LogP contribution is 2.21. The molecule has 0 aliphatic rings. The molecule has 0 aliphatic carbocycles. The van der Waals surface area contributed by atoms with E-state index < -0.39 is 5.91 Å². The molecule has 1 aromatic heterocycles. The molecule has 104 valence electrons. The van der Waals surface area contributed by atoms with E-state index in [0.717, 1.165) is 6.07 Å². The fourth-order valence-corrected chi connectivity index (χ4v) is 1.60. The van der Waals surface area contributed by atoms with Gasteiger partial charge in [-0.1, -0.05) is 0 Å². The number of anilines is 1. The van der Waals surface area contributed by atoms with Gasteiger partial charge in [-0.05, 0) is 19.1 Å².